The van der Waals surface area contributed by atoms with Crippen LogP contribution in [-0.4, -0.2) is 31.2 Å². The van der Waals surface area contributed by atoms with Gasteiger partial charge in [-0.15, -0.1) is 0 Å². The molecule has 0 aromatic carbocycles. The van der Waals surface area contributed by atoms with Gasteiger partial charge < -0.3 is 10.6 Å². The van der Waals surface area contributed by atoms with Crippen molar-refractivity contribution in [1.82, 2.24) is 10.6 Å². The number of carbonyl (C=O) groups is 1. The highest BCUT2D eigenvalue weighted by molar-refractivity contribution is 5.78. The molecule has 0 spiro atoms. The van der Waals surface area contributed by atoms with Gasteiger partial charge in [0, 0.05) is 6.04 Å². The van der Waals surface area contributed by atoms with Gasteiger partial charge in [-0.1, -0.05) is 12.8 Å². The van der Waals surface area contributed by atoms with Crippen LogP contribution >= 0.6 is 0 Å². The van der Waals surface area contributed by atoms with E-state index in [1.165, 1.54) is 12.8 Å². The molecule has 3 nitrogen and oxygen atoms in total. The van der Waals surface area contributed by atoms with Gasteiger partial charge in [-0.25, -0.2) is 0 Å². The Balaban J connectivity index is 2.15. The Morgan fingerprint density at radius 3 is 2.47 bits per heavy atom. The minimum atomic E-state index is -4.27. The number of amides is 1. The van der Waals surface area contributed by atoms with Crippen molar-refractivity contribution in [2.24, 2.45) is 5.92 Å². The smallest absolute Gasteiger partial charge is 0.352 e. The average molecular weight is 252 g/mol. The molecular weight excluding hydrogens is 233 g/mol. The number of carbonyl (C=O) groups excluding carboxylic acids is 1. The lowest BCUT2D eigenvalue weighted by Gasteiger charge is -2.20. The van der Waals surface area contributed by atoms with Crippen LogP contribution in [0, 0.1) is 5.92 Å². The topological polar surface area (TPSA) is 41.1 Å². The molecule has 1 unspecified atom stereocenters. The molecule has 1 atom stereocenters. The Morgan fingerprint density at radius 2 is 1.94 bits per heavy atom. The molecule has 1 saturated carbocycles. The molecule has 1 amide bonds. The fraction of sp³-hybridized carbons (Fsp3) is 0.909. The van der Waals surface area contributed by atoms with Gasteiger partial charge in [-0.2, -0.15) is 13.2 Å². The van der Waals surface area contributed by atoms with Crippen molar-refractivity contribution in [3.63, 3.8) is 0 Å². The van der Waals surface area contributed by atoms with Crippen molar-refractivity contribution in [3.8, 4) is 0 Å². The molecule has 6 heteroatoms. The summed E-state index contributed by atoms with van der Waals surface area (Å²) in [4.78, 5) is 11.4. The van der Waals surface area contributed by atoms with Gasteiger partial charge in [0.1, 0.15) is 0 Å². The monoisotopic (exact) mass is 252 g/mol. The van der Waals surface area contributed by atoms with E-state index in [0.29, 0.717) is 5.92 Å². The van der Waals surface area contributed by atoms with Crippen LogP contribution < -0.4 is 10.6 Å². The van der Waals surface area contributed by atoms with E-state index in [4.69, 9.17) is 0 Å². The van der Waals surface area contributed by atoms with E-state index in [1.54, 1.807) is 0 Å². The molecule has 0 saturated heterocycles. The molecule has 1 fully saturated rings. The predicted molar refractivity (Wildman–Crippen MR) is 58.5 cm³/mol. The van der Waals surface area contributed by atoms with Crippen LogP contribution in [0.3, 0.4) is 0 Å². The summed E-state index contributed by atoms with van der Waals surface area (Å²) in [6.45, 7) is 0.506. The van der Waals surface area contributed by atoms with E-state index in [9.17, 15) is 18.0 Å². The summed E-state index contributed by atoms with van der Waals surface area (Å²) in [6.07, 6.45) is 0.278. The van der Waals surface area contributed by atoms with Crippen molar-refractivity contribution in [3.05, 3.63) is 0 Å². The van der Waals surface area contributed by atoms with Crippen molar-refractivity contribution in [2.75, 3.05) is 13.1 Å². The highest BCUT2D eigenvalue weighted by atomic mass is 19.4. The molecule has 0 aromatic heterocycles. The van der Waals surface area contributed by atoms with E-state index in [2.05, 4.69) is 10.6 Å². The highest BCUT2D eigenvalue weighted by Crippen LogP contribution is 2.27. The quantitative estimate of drug-likeness (QED) is 0.783. The summed E-state index contributed by atoms with van der Waals surface area (Å²) in [7, 11) is 0. The number of nitrogens with one attached hydrogen (secondary N) is 2. The molecule has 0 aliphatic heterocycles. The summed E-state index contributed by atoms with van der Waals surface area (Å²) in [6, 6.07) is 0.0534. The molecule has 1 rings (SSSR count). The predicted octanol–water partition coefficient (Wildman–Crippen LogP) is 1.83. The highest BCUT2D eigenvalue weighted by Gasteiger charge is 2.27. The van der Waals surface area contributed by atoms with Gasteiger partial charge in [-0.3, -0.25) is 4.79 Å². The molecule has 0 bridgehead atoms. The van der Waals surface area contributed by atoms with E-state index in [-0.39, 0.29) is 18.5 Å². The molecule has 100 valence electrons. The van der Waals surface area contributed by atoms with Gasteiger partial charge >= 0.3 is 6.18 Å². The molecule has 0 radical (unpaired) electrons. The Labute approximate surface area is 99.1 Å². The molecule has 0 aromatic rings. The van der Waals surface area contributed by atoms with Gasteiger partial charge in [0.15, 0.2) is 0 Å². The van der Waals surface area contributed by atoms with E-state index >= 15 is 0 Å². The zero-order chi connectivity index (χ0) is 12.9. The van der Waals surface area contributed by atoms with Crippen LogP contribution in [-0.2, 0) is 4.79 Å². The fourth-order valence-electron chi connectivity index (χ4n) is 2.20. The number of hydrogen-bond donors (Lipinski definition) is 2. The maximum atomic E-state index is 11.8. The number of rotatable bonds is 5. The van der Waals surface area contributed by atoms with Crippen LogP contribution in [0.2, 0.25) is 0 Å². The lowest BCUT2D eigenvalue weighted by Crippen LogP contribution is -2.43. The number of halogens is 3. The lowest BCUT2D eigenvalue weighted by molar-refractivity contribution is -0.128. The van der Waals surface area contributed by atoms with Crippen LogP contribution in [0.4, 0.5) is 13.2 Å². The first-order chi connectivity index (χ1) is 7.88. The second-order valence-corrected chi connectivity index (χ2v) is 4.62. The molecule has 1 aliphatic carbocycles. The van der Waals surface area contributed by atoms with Crippen LogP contribution in [0.1, 0.15) is 32.6 Å². The van der Waals surface area contributed by atoms with Crippen LogP contribution in [0.5, 0.6) is 0 Å². The third kappa shape index (κ3) is 5.91. The van der Waals surface area contributed by atoms with E-state index in [0.717, 1.165) is 12.8 Å². The minimum absolute atomic E-state index is 0.0534. The van der Waals surface area contributed by atoms with Crippen LogP contribution in [0.25, 0.3) is 0 Å². The van der Waals surface area contributed by atoms with Crippen molar-refractivity contribution < 1.29 is 18.0 Å². The summed E-state index contributed by atoms with van der Waals surface area (Å²) in [5, 5.41) is 4.82. The Bertz CT molecular complexity index is 250. The van der Waals surface area contributed by atoms with Crippen molar-refractivity contribution in [2.45, 2.75) is 44.8 Å². The third-order valence-corrected chi connectivity index (χ3v) is 3.11. The summed E-state index contributed by atoms with van der Waals surface area (Å²) in [5.74, 6) is 0.107. The lowest BCUT2D eigenvalue weighted by atomic mass is 10.00. The summed E-state index contributed by atoms with van der Waals surface area (Å²) < 4.78 is 35.5. The maximum Gasteiger partial charge on any atom is 0.401 e. The fourth-order valence-corrected chi connectivity index (χ4v) is 2.20. The van der Waals surface area contributed by atoms with Crippen molar-refractivity contribution >= 4 is 5.91 Å². The maximum absolute atomic E-state index is 11.8. The molecule has 17 heavy (non-hydrogen) atoms. The van der Waals surface area contributed by atoms with E-state index in [1.807, 2.05) is 6.92 Å². The number of alkyl halides is 3. The van der Waals surface area contributed by atoms with Crippen LogP contribution in [0.15, 0.2) is 0 Å². The van der Waals surface area contributed by atoms with Gasteiger partial charge in [0.25, 0.3) is 0 Å². The average Bonchev–Trinajstić information content (AvgIpc) is 2.67. The molecule has 0 heterocycles. The van der Waals surface area contributed by atoms with Gasteiger partial charge in [0.05, 0.1) is 13.1 Å². The van der Waals surface area contributed by atoms with Gasteiger partial charge in [0.2, 0.25) is 5.91 Å². The standard InChI is InChI=1S/C11H19F3N2O/c1-8(9-4-2-3-5-9)16-10(17)6-15-7-11(12,13)14/h8-9,15H,2-7H2,1H3,(H,16,17). The minimum Gasteiger partial charge on any atom is -0.352 e. The summed E-state index contributed by atoms with van der Waals surface area (Å²) >= 11 is 0. The first kappa shape index (κ1) is 14.3. The SMILES string of the molecule is CC(NC(=O)CNCC(F)(F)F)C1CCCC1. The second kappa shape index (κ2) is 6.23. The largest absolute Gasteiger partial charge is 0.401 e. The zero-order valence-electron chi connectivity index (χ0n) is 9.94. The van der Waals surface area contributed by atoms with Crippen molar-refractivity contribution in [1.29, 1.82) is 0 Å². The normalized spacial score (nSPS) is 19.3. The van der Waals surface area contributed by atoms with Gasteiger partial charge in [-0.05, 0) is 25.7 Å². The Morgan fingerprint density at radius 1 is 1.35 bits per heavy atom. The molecule has 2 N–H and O–H groups in total. The number of hydrogen-bond acceptors (Lipinski definition) is 2. The molecule has 1 aliphatic rings. The second-order valence-electron chi connectivity index (χ2n) is 4.62. The summed E-state index contributed by atoms with van der Waals surface area (Å²) in [5.41, 5.74) is 0. The third-order valence-electron chi connectivity index (χ3n) is 3.11. The Hall–Kier alpha value is -0.780. The molecular formula is C11H19F3N2O. The first-order valence-corrected chi connectivity index (χ1v) is 5.95. The van der Waals surface area contributed by atoms with E-state index < -0.39 is 12.7 Å². The Kier molecular flexibility index (Phi) is 5.24. The zero-order valence-corrected chi connectivity index (χ0v) is 9.94. The first-order valence-electron chi connectivity index (χ1n) is 5.95.